The minimum Gasteiger partial charge on any atom is -0.348 e. The molecule has 3 heterocycles. The minimum atomic E-state index is 0.153. The zero-order valence-electron chi connectivity index (χ0n) is 13.4. The number of H-pyrrole nitrogens is 1. The van der Waals surface area contributed by atoms with Crippen molar-refractivity contribution in [2.45, 2.75) is 32.9 Å². The van der Waals surface area contributed by atoms with Crippen LogP contribution >= 0.6 is 0 Å². The highest BCUT2D eigenvalue weighted by Gasteiger charge is 2.25. The summed E-state index contributed by atoms with van der Waals surface area (Å²) in [5, 5.41) is 7.82. The molecule has 0 amide bonds. The van der Waals surface area contributed by atoms with Crippen LogP contribution in [-0.4, -0.2) is 31.3 Å². The molecule has 0 bridgehead atoms. The van der Waals surface area contributed by atoms with Gasteiger partial charge in [-0.25, -0.2) is 14.6 Å². The molecule has 1 aliphatic heterocycles. The third-order valence-electron chi connectivity index (χ3n) is 4.58. The topological polar surface area (TPSA) is 71.4 Å². The third kappa shape index (κ3) is 2.55. The molecule has 0 fully saturated rings. The van der Waals surface area contributed by atoms with Gasteiger partial charge >= 0.3 is 0 Å². The lowest BCUT2D eigenvalue weighted by atomic mass is 9.91. The zero-order valence-corrected chi connectivity index (χ0v) is 13.4. The molecule has 0 aliphatic carbocycles. The molecule has 0 unspecified atom stereocenters. The summed E-state index contributed by atoms with van der Waals surface area (Å²) >= 11 is 0. The SMILES string of the molecule is Cc1cc(C)c([C@@H]2NCCc3[nH]cnc32)cc1Cn1cncn1. The number of benzene rings is 1. The first-order valence-electron chi connectivity index (χ1n) is 7.90. The van der Waals surface area contributed by atoms with Gasteiger partial charge < -0.3 is 10.3 Å². The number of aromatic amines is 1. The van der Waals surface area contributed by atoms with Crippen molar-refractivity contribution in [3.8, 4) is 0 Å². The quantitative estimate of drug-likeness (QED) is 0.775. The maximum absolute atomic E-state index is 4.54. The second-order valence-corrected chi connectivity index (χ2v) is 6.13. The second-order valence-electron chi connectivity index (χ2n) is 6.13. The highest BCUT2D eigenvalue weighted by Crippen LogP contribution is 2.30. The van der Waals surface area contributed by atoms with E-state index in [1.165, 1.54) is 27.9 Å². The van der Waals surface area contributed by atoms with Crippen LogP contribution in [0.15, 0.2) is 31.1 Å². The average molecular weight is 308 g/mol. The van der Waals surface area contributed by atoms with Crippen molar-refractivity contribution in [1.29, 1.82) is 0 Å². The van der Waals surface area contributed by atoms with Crippen LogP contribution in [0.2, 0.25) is 0 Å². The lowest BCUT2D eigenvalue weighted by Gasteiger charge is -2.26. The van der Waals surface area contributed by atoms with Crippen LogP contribution in [-0.2, 0) is 13.0 Å². The normalized spacial score (nSPS) is 17.2. The summed E-state index contributed by atoms with van der Waals surface area (Å²) in [5.41, 5.74) is 7.48. The van der Waals surface area contributed by atoms with Gasteiger partial charge in [-0.3, -0.25) is 0 Å². The summed E-state index contributed by atoms with van der Waals surface area (Å²) < 4.78 is 1.86. The molecule has 1 aliphatic rings. The fraction of sp³-hybridized carbons (Fsp3) is 0.353. The molecular weight excluding hydrogens is 288 g/mol. The van der Waals surface area contributed by atoms with Crippen molar-refractivity contribution >= 4 is 0 Å². The van der Waals surface area contributed by atoms with E-state index in [2.05, 4.69) is 51.3 Å². The van der Waals surface area contributed by atoms with E-state index < -0.39 is 0 Å². The van der Waals surface area contributed by atoms with Gasteiger partial charge in [0.2, 0.25) is 0 Å². The predicted molar refractivity (Wildman–Crippen MR) is 87.2 cm³/mol. The fourth-order valence-corrected chi connectivity index (χ4v) is 3.36. The van der Waals surface area contributed by atoms with Crippen molar-refractivity contribution in [3.05, 3.63) is 64.8 Å². The number of nitrogens with one attached hydrogen (secondary N) is 2. The van der Waals surface area contributed by atoms with Crippen LogP contribution < -0.4 is 5.32 Å². The van der Waals surface area contributed by atoms with Crippen molar-refractivity contribution in [2.24, 2.45) is 0 Å². The summed E-state index contributed by atoms with van der Waals surface area (Å²) in [7, 11) is 0. The standard InChI is InChI=1S/C17H20N6/c1-11-5-12(2)14(6-13(11)7-23-10-18-8-22-23)16-17-15(3-4-19-16)20-9-21-17/h5-6,8-10,16,19H,3-4,7H2,1-2H3,(H,20,21)/t16-/m0/s1. The Bertz CT molecular complexity index is 818. The van der Waals surface area contributed by atoms with E-state index in [4.69, 9.17) is 0 Å². The lowest BCUT2D eigenvalue weighted by Crippen LogP contribution is -2.31. The molecule has 6 heteroatoms. The monoisotopic (exact) mass is 308 g/mol. The molecule has 0 radical (unpaired) electrons. The highest BCUT2D eigenvalue weighted by atomic mass is 15.3. The minimum absolute atomic E-state index is 0.153. The molecular formula is C17H20N6. The number of aryl methyl sites for hydroxylation is 2. The summed E-state index contributed by atoms with van der Waals surface area (Å²) in [6.07, 6.45) is 6.12. The highest BCUT2D eigenvalue weighted by molar-refractivity contribution is 5.43. The Balaban J connectivity index is 1.75. The third-order valence-corrected chi connectivity index (χ3v) is 4.58. The smallest absolute Gasteiger partial charge is 0.137 e. The predicted octanol–water partition coefficient (Wildman–Crippen LogP) is 1.90. The van der Waals surface area contributed by atoms with Crippen molar-refractivity contribution in [3.63, 3.8) is 0 Å². The van der Waals surface area contributed by atoms with E-state index in [0.717, 1.165) is 25.2 Å². The first-order valence-corrected chi connectivity index (χ1v) is 7.90. The molecule has 0 spiro atoms. The summed E-state index contributed by atoms with van der Waals surface area (Å²) in [5.74, 6) is 0. The molecule has 2 N–H and O–H groups in total. The molecule has 23 heavy (non-hydrogen) atoms. The van der Waals surface area contributed by atoms with Gasteiger partial charge in [0, 0.05) is 18.7 Å². The second kappa shape index (κ2) is 5.62. The van der Waals surface area contributed by atoms with Gasteiger partial charge in [0.1, 0.15) is 12.7 Å². The first-order chi connectivity index (χ1) is 11.2. The number of hydrogen-bond acceptors (Lipinski definition) is 4. The molecule has 118 valence electrons. The van der Waals surface area contributed by atoms with E-state index in [1.807, 2.05) is 4.68 Å². The molecule has 3 aromatic rings. The van der Waals surface area contributed by atoms with E-state index in [0.29, 0.717) is 0 Å². The van der Waals surface area contributed by atoms with E-state index in [9.17, 15) is 0 Å². The van der Waals surface area contributed by atoms with E-state index in [1.54, 1.807) is 19.0 Å². The first kappa shape index (κ1) is 14.1. The molecule has 4 rings (SSSR count). The number of fused-ring (bicyclic) bond motifs is 1. The van der Waals surface area contributed by atoms with Crippen molar-refractivity contribution < 1.29 is 0 Å². The molecule has 1 aromatic carbocycles. The van der Waals surface area contributed by atoms with E-state index in [-0.39, 0.29) is 6.04 Å². The molecule has 2 aromatic heterocycles. The van der Waals surface area contributed by atoms with Gasteiger partial charge in [-0.05, 0) is 36.1 Å². The number of imidazole rings is 1. The van der Waals surface area contributed by atoms with Gasteiger partial charge in [0.15, 0.2) is 0 Å². The van der Waals surface area contributed by atoms with Gasteiger partial charge in [-0.2, -0.15) is 5.10 Å². The molecule has 0 saturated carbocycles. The van der Waals surface area contributed by atoms with Gasteiger partial charge in [0.25, 0.3) is 0 Å². The summed E-state index contributed by atoms with van der Waals surface area (Å²) in [6, 6.07) is 4.69. The van der Waals surface area contributed by atoms with Gasteiger partial charge in [-0.15, -0.1) is 0 Å². The van der Waals surface area contributed by atoms with Gasteiger partial charge in [-0.1, -0.05) is 12.1 Å². The number of nitrogens with zero attached hydrogens (tertiary/aromatic N) is 4. The summed E-state index contributed by atoms with van der Waals surface area (Å²) in [6.45, 7) is 6.02. The van der Waals surface area contributed by atoms with Crippen molar-refractivity contribution in [2.75, 3.05) is 6.54 Å². The zero-order chi connectivity index (χ0) is 15.8. The van der Waals surface area contributed by atoms with E-state index >= 15 is 0 Å². The maximum atomic E-state index is 4.54. The molecule has 6 nitrogen and oxygen atoms in total. The van der Waals surface area contributed by atoms with Crippen molar-refractivity contribution in [1.82, 2.24) is 30.0 Å². The van der Waals surface area contributed by atoms with Crippen LogP contribution in [0.1, 0.15) is 39.7 Å². The number of aromatic nitrogens is 5. The number of hydrogen-bond donors (Lipinski definition) is 2. The maximum Gasteiger partial charge on any atom is 0.137 e. The van der Waals surface area contributed by atoms with Crippen LogP contribution in [0, 0.1) is 13.8 Å². The largest absolute Gasteiger partial charge is 0.348 e. The number of rotatable bonds is 3. The lowest BCUT2D eigenvalue weighted by molar-refractivity contribution is 0.550. The Kier molecular flexibility index (Phi) is 3.46. The fourth-order valence-electron chi connectivity index (χ4n) is 3.36. The Morgan fingerprint density at radius 3 is 3.00 bits per heavy atom. The Morgan fingerprint density at radius 1 is 1.26 bits per heavy atom. The Hall–Kier alpha value is -2.47. The summed E-state index contributed by atoms with van der Waals surface area (Å²) in [4.78, 5) is 11.8. The Labute approximate surface area is 135 Å². The van der Waals surface area contributed by atoms with Crippen LogP contribution in [0.25, 0.3) is 0 Å². The van der Waals surface area contributed by atoms with Crippen LogP contribution in [0.3, 0.4) is 0 Å². The Morgan fingerprint density at radius 2 is 2.17 bits per heavy atom. The van der Waals surface area contributed by atoms with Crippen LogP contribution in [0.5, 0.6) is 0 Å². The molecule has 0 saturated heterocycles. The molecule has 1 atom stereocenters. The van der Waals surface area contributed by atoms with Gasteiger partial charge in [0.05, 0.1) is 24.6 Å². The van der Waals surface area contributed by atoms with Crippen LogP contribution in [0.4, 0.5) is 0 Å². The average Bonchev–Trinajstić information content (AvgIpc) is 3.21.